The Bertz CT molecular complexity index is 710. The average molecular weight is 337 g/mol. The third-order valence-corrected chi connectivity index (χ3v) is 5.79. The highest BCUT2D eigenvalue weighted by atomic mass is 32.2. The lowest BCUT2D eigenvalue weighted by Gasteiger charge is -2.34. The van der Waals surface area contributed by atoms with Crippen LogP contribution in [0.1, 0.15) is 11.9 Å². The fourth-order valence-electron chi connectivity index (χ4n) is 2.62. The van der Waals surface area contributed by atoms with Gasteiger partial charge in [0.2, 0.25) is 10.0 Å². The number of furan rings is 1. The molecule has 1 unspecified atom stereocenters. The van der Waals surface area contributed by atoms with Crippen molar-refractivity contribution in [3.05, 3.63) is 48.7 Å². The van der Waals surface area contributed by atoms with Crippen LogP contribution in [0.3, 0.4) is 0 Å². The first kappa shape index (κ1) is 16.1. The number of β-amino-alcohol motifs (C(OH)–C–C–N with tert-alkyl or cyclic N) is 1. The van der Waals surface area contributed by atoms with Crippen molar-refractivity contribution in [2.75, 3.05) is 32.7 Å². The number of hydrogen-bond donors (Lipinski definition) is 1. The third-order valence-electron chi connectivity index (χ3n) is 3.91. The molecule has 1 saturated heterocycles. The van der Waals surface area contributed by atoms with Crippen molar-refractivity contribution in [3.8, 4) is 0 Å². The summed E-state index contributed by atoms with van der Waals surface area (Å²) in [5.41, 5.74) is 0. The molecule has 0 spiro atoms. The molecule has 1 N–H and O–H groups in total. The number of aliphatic hydroxyl groups is 1. The smallest absolute Gasteiger partial charge is 0.244 e. The molecular formula is C15H19N3O4S. The van der Waals surface area contributed by atoms with E-state index in [1.807, 2.05) is 4.90 Å². The van der Waals surface area contributed by atoms with Gasteiger partial charge in [-0.15, -0.1) is 0 Å². The van der Waals surface area contributed by atoms with E-state index in [1.54, 1.807) is 30.5 Å². The Balaban J connectivity index is 1.58. The predicted molar refractivity (Wildman–Crippen MR) is 83.1 cm³/mol. The van der Waals surface area contributed by atoms with Crippen LogP contribution in [0, 0.1) is 0 Å². The zero-order valence-corrected chi connectivity index (χ0v) is 13.4. The molecule has 8 heteroatoms. The van der Waals surface area contributed by atoms with Gasteiger partial charge in [0, 0.05) is 45.1 Å². The van der Waals surface area contributed by atoms with Crippen LogP contribution in [0.5, 0.6) is 0 Å². The van der Waals surface area contributed by atoms with E-state index in [0.717, 1.165) is 0 Å². The number of piperazine rings is 1. The van der Waals surface area contributed by atoms with E-state index >= 15 is 0 Å². The van der Waals surface area contributed by atoms with Crippen LogP contribution >= 0.6 is 0 Å². The Hall–Kier alpha value is -1.74. The minimum absolute atomic E-state index is 0.212. The highest BCUT2D eigenvalue weighted by molar-refractivity contribution is 7.89. The summed E-state index contributed by atoms with van der Waals surface area (Å²) in [5.74, 6) is 0.524. The SMILES string of the molecule is O=S(=O)(c1cccnc1)N1CCN(CC(O)c2ccco2)CC1. The third kappa shape index (κ3) is 3.61. The second-order valence-electron chi connectivity index (χ2n) is 5.42. The fourth-order valence-corrected chi connectivity index (χ4v) is 4.00. The molecule has 1 aliphatic rings. The Morgan fingerprint density at radius 2 is 2.00 bits per heavy atom. The van der Waals surface area contributed by atoms with Gasteiger partial charge in [-0.05, 0) is 24.3 Å². The lowest BCUT2D eigenvalue weighted by atomic mass is 10.2. The topological polar surface area (TPSA) is 86.9 Å². The average Bonchev–Trinajstić information content (AvgIpc) is 3.11. The van der Waals surface area contributed by atoms with Crippen LogP contribution in [-0.2, 0) is 10.0 Å². The van der Waals surface area contributed by atoms with Gasteiger partial charge in [-0.25, -0.2) is 8.42 Å². The first-order valence-electron chi connectivity index (χ1n) is 7.41. The maximum atomic E-state index is 12.5. The van der Waals surface area contributed by atoms with Crippen LogP contribution in [0.4, 0.5) is 0 Å². The van der Waals surface area contributed by atoms with Crippen LogP contribution in [-0.4, -0.2) is 60.4 Å². The molecule has 124 valence electrons. The summed E-state index contributed by atoms with van der Waals surface area (Å²) in [4.78, 5) is 6.11. The van der Waals surface area contributed by atoms with Gasteiger partial charge in [0.25, 0.3) is 0 Å². The van der Waals surface area contributed by atoms with Crippen molar-refractivity contribution >= 4 is 10.0 Å². The van der Waals surface area contributed by atoms with Gasteiger partial charge in [0.1, 0.15) is 16.8 Å². The van der Waals surface area contributed by atoms with Crippen molar-refractivity contribution in [1.82, 2.24) is 14.2 Å². The number of aromatic nitrogens is 1. The summed E-state index contributed by atoms with van der Waals surface area (Å²) in [6.07, 6.45) is 3.73. The van der Waals surface area contributed by atoms with E-state index in [1.165, 1.54) is 16.8 Å². The van der Waals surface area contributed by atoms with Gasteiger partial charge in [-0.1, -0.05) is 0 Å². The fraction of sp³-hybridized carbons (Fsp3) is 0.400. The normalized spacial score (nSPS) is 18.8. The van der Waals surface area contributed by atoms with Crippen molar-refractivity contribution in [3.63, 3.8) is 0 Å². The highest BCUT2D eigenvalue weighted by Crippen LogP contribution is 2.19. The van der Waals surface area contributed by atoms with Crippen LogP contribution in [0.25, 0.3) is 0 Å². The molecule has 1 aliphatic heterocycles. The number of hydrogen-bond acceptors (Lipinski definition) is 6. The summed E-state index contributed by atoms with van der Waals surface area (Å²) in [6.45, 7) is 2.34. The summed E-state index contributed by atoms with van der Waals surface area (Å²) in [5, 5.41) is 10.1. The van der Waals surface area contributed by atoms with Crippen LogP contribution < -0.4 is 0 Å². The number of pyridine rings is 1. The zero-order valence-electron chi connectivity index (χ0n) is 12.6. The molecule has 0 bridgehead atoms. The molecule has 0 amide bonds. The van der Waals surface area contributed by atoms with Gasteiger partial charge in [0.05, 0.1) is 6.26 Å². The van der Waals surface area contributed by atoms with Gasteiger partial charge in [-0.2, -0.15) is 4.31 Å². The maximum absolute atomic E-state index is 12.5. The van der Waals surface area contributed by atoms with E-state index in [2.05, 4.69) is 4.98 Å². The van der Waals surface area contributed by atoms with Crippen molar-refractivity contribution < 1.29 is 17.9 Å². The molecule has 23 heavy (non-hydrogen) atoms. The highest BCUT2D eigenvalue weighted by Gasteiger charge is 2.29. The summed E-state index contributed by atoms with van der Waals surface area (Å²) < 4.78 is 31.7. The van der Waals surface area contributed by atoms with Crippen LogP contribution in [0.2, 0.25) is 0 Å². The summed E-state index contributed by atoms with van der Waals surface area (Å²) in [7, 11) is -3.49. The molecule has 1 fully saturated rings. The quantitative estimate of drug-likeness (QED) is 0.865. The monoisotopic (exact) mass is 337 g/mol. The second-order valence-corrected chi connectivity index (χ2v) is 7.36. The van der Waals surface area contributed by atoms with Crippen molar-refractivity contribution in [1.29, 1.82) is 0 Å². The first-order valence-corrected chi connectivity index (χ1v) is 8.85. The molecule has 0 saturated carbocycles. The summed E-state index contributed by atoms with van der Waals surface area (Å²) in [6, 6.07) is 6.63. The molecule has 7 nitrogen and oxygen atoms in total. The van der Waals surface area contributed by atoms with E-state index in [-0.39, 0.29) is 4.90 Å². The summed E-state index contributed by atoms with van der Waals surface area (Å²) >= 11 is 0. The Labute approximate surface area is 135 Å². The second kappa shape index (κ2) is 6.79. The van der Waals surface area contributed by atoms with Crippen LogP contribution in [0.15, 0.2) is 52.2 Å². The maximum Gasteiger partial charge on any atom is 0.244 e. The minimum Gasteiger partial charge on any atom is -0.467 e. The minimum atomic E-state index is -3.49. The lowest BCUT2D eigenvalue weighted by Crippen LogP contribution is -2.49. The molecule has 3 rings (SSSR count). The number of rotatable bonds is 5. The Kier molecular flexibility index (Phi) is 4.76. The van der Waals surface area contributed by atoms with Crippen molar-refractivity contribution in [2.45, 2.75) is 11.0 Å². The zero-order chi connectivity index (χ0) is 16.3. The molecule has 1 atom stereocenters. The number of sulfonamides is 1. The predicted octanol–water partition coefficient (Wildman–Crippen LogP) is 0.714. The van der Waals surface area contributed by atoms with Gasteiger partial charge in [0.15, 0.2) is 0 Å². The van der Waals surface area contributed by atoms with E-state index in [4.69, 9.17) is 4.42 Å². The molecule has 2 aromatic heterocycles. The van der Waals surface area contributed by atoms with E-state index in [0.29, 0.717) is 38.5 Å². The molecule has 3 heterocycles. The standard InChI is InChI=1S/C15H19N3O4S/c19-14(15-4-2-10-22-15)12-17-6-8-18(9-7-17)23(20,21)13-3-1-5-16-11-13/h1-5,10-11,14,19H,6-9,12H2. The lowest BCUT2D eigenvalue weighted by molar-refractivity contribution is 0.0776. The number of nitrogens with zero attached hydrogens (tertiary/aromatic N) is 3. The van der Waals surface area contributed by atoms with Gasteiger partial charge < -0.3 is 9.52 Å². The van der Waals surface area contributed by atoms with Gasteiger partial charge in [-0.3, -0.25) is 9.88 Å². The molecule has 2 aromatic rings. The number of aliphatic hydroxyl groups excluding tert-OH is 1. The Morgan fingerprint density at radius 1 is 1.22 bits per heavy atom. The van der Waals surface area contributed by atoms with E-state index in [9.17, 15) is 13.5 Å². The van der Waals surface area contributed by atoms with Gasteiger partial charge >= 0.3 is 0 Å². The molecule has 0 aliphatic carbocycles. The first-order chi connectivity index (χ1) is 11.1. The molecule has 0 radical (unpaired) electrons. The Morgan fingerprint density at radius 3 is 2.61 bits per heavy atom. The van der Waals surface area contributed by atoms with Crippen molar-refractivity contribution in [2.24, 2.45) is 0 Å². The molecular weight excluding hydrogens is 318 g/mol. The van der Waals surface area contributed by atoms with E-state index < -0.39 is 16.1 Å². The largest absolute Gasteiger partial charge is 0.467 e. The molecule has 0 aromatic carbocycles.